The van der Waals surface area contributed by atoms with Crippen LogP contribution in [-0.4, -0.2) is 32.9 Å². The number of aryl methyl sites for hydroxylation is 1. The van der Waals surface area contributed by atoms with Crippen LogP contribution in [0.1, 0.15) is 35.4 Å². The van der Waals surface area contributed by atoms with Crippen LogP contribution < -0.4 is 0 Å². The molecule has 2 aromatic carbocycles. The predicted octanol–water partition coefficient (Wildman–Crippen LogP) is 4.27. The van der Waals surface area contributed by atoms with E-state index in [1.165, 1.54) is 16.7 Å². The van der Waals surface area contributed by atoms with Crippen LogP contribution in [0, 0.1) is 6.92 Å². The molecule has 1 fully saturated rings. The van der Waals surface area contributed by atoms with Gasteiger partial charge in [-0.15, -0.1) is 0 Å². The number of nitrogens with zero attached hydrogens (tertiary/aromatic N) is 3. The molecule has 0 bridgehead atoms. The Bertz CT molecular complexity index is 878. The third-order valence-electron chi connectivity index (χ3n) is 5.33. The van der Waals surface area contributed by atoms with Crippen molar-refractivity contribution in [1.82, 2.24) is 14.7 Å². The SMILES string of the molecule is Cc1ccccc1-n1cc(CN2CCC(c3cccc(O)c3)CC2)cn1. The molecule has 1 aliphatic rings. The molecule has 1 aliphatic heterocycles. The number of aromatic hydroxyl groups is 1. The van der Waals surface area contributed by atoms with Crippen LogP contribution in [-0.2, 0) is 6.54 Å². The smallest absolute Gasteiger partial charge is 0.115 e. The van der Waals surface area contributed by atoms with Gasteiger partial charge in [0.15, 0.2) is 0 Å². The van der Waals surface area contributed by atoms with E-state index in [0.29, 0.717) is 11.7 Å². The second-order valence-electron chi connectivity index (χ2n) is 7.23. The van der Waals surface area contributed by atoms with Gasteiger partial charge in [0.25, 0.3) is 0 Å². The van der Waals surface area contributed by atoms with Gasteiger partial charge in [-0.05, 0) is 68.1 Å². The first-order valence-electron chi connectivity index (χ1n) is 9.30. The first-order valence-corrected chi connectivity index (χ1v) is 9.30. The Morgan fingerprint density at radius 2 is 1.88 bits per heavy atom. The van der Waals surface area contributed by atoms with E-state index in [9.17, 15) is 5.11 Å². The highest BCUT2D eigenvalue weighted by molar-refractivity contribution is 5.39. The zero-order valence-corrected chi connectivity index (χ0v) is 15.2. The summed E-state index contributed by atoms with van der Waals surface area (Å²) < 4.78 is 1.98. The molecule has 4 rings (SSSR count). The highest BCUT2D eigenvalue weighted by atomic mass is 16.3. The van der Waals surface area contributed by atoms with Crippen molar-refractivity contribution in [2.45, 2.75) is 32.2 Å². The highest BCUT2D eigenvalue weighted by Crippen LogP contribution is 2.30. The largest absolute Gasteiger partial charge is 0.508 e. The Kier molecular flexibility index (Phi) is 4.76. The van der Waals surface area contributed by atoms with E-state index in [2.05, 4.69) is 53.5 Å². The monoisotopic (exact) mass is 347 g/mol. The highest BCUT2D eigenvalue weighted by Gasteiger charge is 2.21. The number of likely N-dealkylation sites (tertiary alicyclic amines) is 1. The molecule has 4 heteroatoms. The van der Waals surface area contributed by atoms with Crippen molar-refractivity contribution in [2.24, 2.45) is 0 Å². The fourth-order valence-electron chi connectivity index (χ4n) is 3.86. The molecule has 1 aromatic heterocycles. The summed E-state index contributed by atoms with van der Waals surface area (Å²) in [5, 5.41) is 14.2. The van der Waals surface area contributed by atoms with Crippen LogP contribution in [0.15, 0.2) is 60.9 Å². The number of phenols is 1. The molecular weight excluding hydrogens is 322 g/mol. The van der Waals surface area contributed by atoms with Gasteiger partial charge in [0.2, 0.25) is 0 Å². The first-order chi connectivity index (χ1) is 12.7. The van der Waals surface area contributed by atoms with E-state index in [1.54, 1.807) is 6.07 Å². The second-order valence-corrected chi connectivity index (χ2v) is 7.23. The summed E-state index contributed by atoms with van der Waals surface area (Å²) in [6, 6.07) is 16.0. The molecular formula is C22H25N3O. The number of phenolic OH excluding ortho intramolecular Hbond substituents is 1. The lowest BCUT2D eigenvalue weighted by Crippen LogP contribution is -2.32. The quantitative estimate of drug-likeness (QED) is 0.766. The standard InChI is InChI=1S/C22H25N3O/c1-17-5-2-3-8-22(17)25-16-18(14-23-25)15-24-11-9-19(10-12-24)20-6-4-7-21(26)13-20/h2-8,13-14,16,19,26H,9-12,15H2,1H3. The minimum atomic E-state index is 0.369. The van der Waals surface area contributed by atoms with E-state index in [1.807, 2.05) is 23.0 Å². The Morgan fingerprint density at radius 1 is 1.08 bits per heavy atom. The van der Waals surface area contributed by atoms with E-state index in [-0.39, 0.29) is 0 Å². The molecule has 134 valence electrons. The summed E-state index contributed by atoms with van der Waals surface area (Å²) in [5.41, 5.74) is 4.89. The van der Waals surface area contributed by atoms with Crippen LogP contribution in [0.3, 0.4) is 0 Å². The molecule has 1 N–H and O–H groups in total. The van der Waals surface area contributed by atoms with E-state index >= 15 is 0 Å². The van der Waals surface area contributed by atoms with E-state index in [4.69, 9.17) is 0 Å². The number of piperidine rings is 1. The summed E-state index contributed by atoms with van der Waals surface area (Å²) in [6.07, 6.45) is 6.39. The summed E-state index contributed by atoms with van der Waals surface area (Å²) >= 11 is 0. The lowest BCUT2D eigenvalue weighted by Gasteiger charge is -2.31. The van der Waals surface area contributed by atoms with E-state index in [0.717, 1.165) is 38.2 Å². The summed E-state index contributed by atoms with van der Waals surface area (Å²) in [5.74, 6) is 0.918. The minimum Gasteiger partial charge on any atom is -0.508 e. The molecule has 0 unspecified atom stereocenters. The van der Waals surface area contributed by atoms with E-state index < -0.39 is 0 Å². The topological polar surface area (TPSA) is 41.3 Å². The lowest BCUT2D eigenvalue weighted by atomic mass is 9.89. The van der Waals surface area contributed by atoms with Gasteiger partial charge in [-0.25, -0.2) is 4.68 Å². The number of benzene rings is 2. The van der Waals surface area contributed by atoms with Gasteiger partial charge in [-0.3, -0.25) is 4.90 Å². The molecule has 26 heavy (non-hydrogen) atoms. The lowest BCUT2D eigenvalue weighted by molar-refractivity contribution is 0.204. The Labute approximate surface area is 154 Å². The molecule has 4 nitrogen and oxygen atoms in total. The van der Waals surface area contributed by atoms with Gasteiger partial charge < -0.3 is 5.11 Å². The van der Waals surface area contributed by atoms with Crippen LogP contribution in [0.2, 0.25) is 0 Å². The fraction of sp³-hybridized carbons (Fsp3) is 0.318. The summed E-state index contributed by atoms with van der Waals surface area (Å²) in [4.78, 5) is 2.50. The van der Waals surface area contributed by atoms with Crippen molar-refractivity contribution >= 4 is 0 Å². The Balaban J connectivity index is 1.37. The molecule has 3 aromatic rings. The van der Waals surface area contributed by atoms with Gasteiger partial charge in [0, 0.05) is 18.3 Å². The van der Waals surface area contributed by atoms with Gasteiger partial charge in [-0.1, -0.05) is 30.3 Å². The Morgan fingerprint density at radius 3 is 2.65 bits per heavy atom. The maximum absolute atomic E-state index is 9.69. The third kappa shape index (κ3) is 3.65. The number of para-hydroxylation sites is 1. The van der Waals surface area contributed by atoms with Crippen LogP contribution in [0.4, 0.5) is 0 Å². The summed E-state index contributed by atoms with van der Waals surface area (Å²) in [6.45, 7) is 5.22. The fourth-order valence-corrected chi connectivity index (χ4v) is 3.86. The van der Waals surface area contributed by atoms with Crippen molar-refractivity contribution < 1.29 is 5.11 Å². The average Bonchev–Trinajstić information content (AvgIpc) is 3.11. The van der Waals surface area contributed by atoms with Gasteiger partial charge in [-0.2, -0.15) is 5.10 Å². The number of hydrogen-bond acceptors (Lipinski definition) is 3. The Hall–Kier alpha value is -2.59. The first kappa shape index (κ1) is 16.9. The van der Waals surface area contributed by atoms with Gasteiger partial charge in [0.1, 0.15) is 5.75 Å². The molecule has 0 radical (unpaired) electrons. The van der Waals surface area contributed by atoms with Gasteiger partial charge in [0.05, 0.1) is 11.9 Å². The predicted molar refractivity (Wildman–Crippen MR) is 104 cm³/mol. The number of rotatable bonds is 4. The van der Waals surface area contributed by atoms with Crippen molar-refractivity contribution in [1.29, 1.82) is 0 Å². The van der Waals surface area contributed by atoms with Crippen LogP contribution >= 0.6 is 0 Å². The zero-order chi connectivity index (χ0) is 17.9. The molecule has 0 aliphatic carbocycles. The number of aromatic nitrogens is 2. The van der Waals surface area contributed by atoms with Crippen molar-refractivity contribution in [3.63, 3.8) is 0 Å². The normalized spacial score (nSPS) is 16.0. The molecule has 2 heterocycles. The minimum absolute atomic E-state index is 0.369. The molecule has 0 amide bonds. The van der Waals surface area contributed by atoms with Crippen molar-refractivity contribution in [3.05, 3.63) is 77.6 Å². The maximum Gasteiger partial charge on any atom is 0.115 e. The van der Waals surface area contributed by atoms with Crippen molar-refractivity contribution in [3.8, 4) is 11.4 Å². The summed E-state index contributed by atoms with van der Waals surface area (Å²) in [7, 11) is 0. The van der Waals surface area contributed by atoms with Crippen molar-refractivity contribution in [2.75, 3.05) is 13.1 Å². The zero-order valence-electron chi connectivity index (χ0n) is 15.2. The molecule has 1 saturated heterocycles. The van der Waals surface area contributed by atoms with Crippen LogP contribution in [0.25, 0.3) is 5.69 Å². The molecule has 0 atom stereocenters. The van der Waals surface area contributed by atoms with Gasteiger partial charge >= 0.3 is 0 Å². The van der Waals surface area contributed by atoms with Crippen LogP contribution in [0.5, 0.6) is 5.75 Å². The average molecular weight is 347 g/mol. The molecule has 0 saturated carbocycles. The number of hydrogen-bond donors (Lipinski definition) is 1. The molecule has 0 spiro atoms. The second kappa shape index (κ2) is 7.34. The maximum atomic E-state index is 9.69. The third-order valence-corrected chi connectivity index (χ3v) is 5.33.